The SMILES string of the molecule is N#Cc1cccc(CC2=Nc3c(cnn3C3CCCOC3)C(=O)C2)c1. The van der Waals surface area contributed by atoms with E-state index < -0.39 is 0 Å². The fraction of sp³-hybridized carbons (Fsp3) is 0.368. The Kier molecular flexibility index (Phi) is 4.16. The number of rotatable bonds is 3. The predicted molar refractivity (Wildman–Crippen MR) is 92.2 cm³/mol. The van der Waals surface area contributed by atoms with Crippen LogP contribution in [0.15, 0.2) is 35.5 Å². The molecule has 0 spiro atoms. The molecule has 0 saturated carbocycles. The van der Waals surface area contributed by atoms with Gasteiger partial charge in [0.1, 0.15) is 0 Å². The van der Waals surface area contributed by atoms with Crippen molar-refractivity contribution in [1.82, 2.24) is 9.78 Å². The van der Waals surface area contributed by atoms with Crippen LogP contribution in [0.3, 0.4) is 0 Å². The van der Waals surface area contributed by atoms with E-state index in [2.05, 4.69) is 11.2 Å². The molecule has 6 nitrogen and oxygen atoms in total. The number of ether oxygens (including phenoxy) is 1. The maximum absolute atomic E-state index is 12.5. The lowest BCUT2D eigenvalue weighted by atomic mass is 9.98. The van der Waals surface area contributed by atoms with E-state index in [1.54, 1.807) is 12.3 Å². The number of Topliss-reactive ketones (excluding diaryl/α,β-unsaturated/α-hetero) is 1. The molecular formula is C19H18N4O2. The summed E-state index contributed by atoms with van der Waals surface area (Å²) < 4.78 is 7.39. The van der Waals surface area contributed by atoms with Crippen LogP contribution in [0.4, 0.5) is 5.82 Å². The third kappa shape index (κ3) is 3.11. The van der Waals surface area contributed by atoms with Gasteiger partial charge in [0, 0.05) is 18.7 Å². The summed E-state index contributed by atoms with van der Waals surface area (Å²) >= 11 is 0. The second-order valence-electron chi connectivity index (χ2n) is 6.46. The van der Waals surface area contributed by atoms with E-state index in [0.29, 0.717) is 36.4 Å². The highest BCUT2D eigenvalue weighted by Gasteiger charge is 2.28. The van der Waals surface area contributed by atoms with Gasteiger partial charge in [-0.25, -0.2) is 9.67 Å². The zero-order valence-corrected chi connectivity index (χ0v) is 13.8. The Morgan fingerprint density at radius 1 is 1.40 bits per heavy atom. The van der Waals surface area contributed by atoms with Gasteiger partial charge in [-0.3, -0.25) is 4.79 Å². The number of aromatic nitrogens is 2. The van der Waals surface area contributed by atoms with Crippen molar-refractivity contribution in [3.8, 4) is 6.07 Å². The van der Waals surface area contributed by atoms with E-state index in [1.165, 1.54) is 0 Å². The molecule has 1 fully saturated rings. The van der Waals surface area contributed by atoms with Gasteiger partial charge in [-0.1, -0.05) is 12.1 Å². The van der Waals surface area contributed by atoms with Crippen molar-refractivity contribution in [2.24, 2.45) is 4.99 Å². The number of hydrogen-bond donors (Lipinski definition) is 0. The molecule has 6 heteroatoms. The van der Waals surface area contributed by atoms with Crippen molar-refractivity contribution in [3.63, 3.8) is 0 Å². The zero-order valence-electron chi connectivity index (χ0n) is 13.8. The average molecular weight is 334 g/mol. The lowest BCUT2D eigenvalue weighted by Crippen LogP contribution is -2.23. The maximum atomic E-state index is 12.5. The first-order valence-corrected chi connectivity index (χ1v) is 8.48. The van der Waals surface area contributed by atoms with Crippen LogP contribution in [-0.2, 0) is 11.2 Å². The topological polar surface area (TPSA) is 80.3 Å². The van der Waals surface area contributed by atoms with Crippen molar-refractivity contribution in [2.45, 2.75) is 31.7 Å². The predicted octanol–water partition coefficient (Wildman–Crippen LogP) is 3.01. The molecular weight excluding hydrogens is 316 g/mol. The Morgan fingerprint density at radius 3 is 3.12 bits per heavy atom. The highest BCUT2D eigenvalue weighted by molar-refractivity contribution is 6.15. The third-order valence-corrected chi connectivity index (χ3v) is 4.64. The van der Waals surface area contributed by atoms with Crippen molar-refractivity contribution < 1.29 is 9.53 Å². The van der Waals surface area contributed by atoms with Crippen LogP contribution in [0.25, 0.3) is 0 Å². The number of fused-ring (bicyclic) bond motifs is 1. The number of benzene rings is 1. The van der Waals surface area contributed by atoms with Crippen molar-refractivity contribution in [2.75, 3.05) is 13.2 Å². The largest absolute Gasteiger partial charge is 0.379 e. The second-order valence-corrected chi connectivity index (χ2v) is 6.46. The summed E-state index contributed by atoms with van der Waals surface area (Å²) in [6.45, 7) is 1.39. The summed E-state index contributed by atoms with van der Waals surface area (Å²) in [5.41, 5.74) is 3.01. The van der Waals surface area contributed by atoms with Gasteiger partial charge in [-0.2, -0.15) is 10.4 Å². The quantitative estimate of drug-likeness (QED) is 0.864. The lowest BCUT2D eigenvalue weighted by molar-refractivity contribution is 0.0555. The number of hydrogen-bond acceptors (Lipinski definition) is 5. The van der Waals surface area contributed by atoms with Gasteiger partial charge in [0.05, 0.1) is 42.5 Å². The van der Waals surface area contributed by atoms with E-state index >= 15 is 0 Å². The first kappa shape index (κ1) is 15.7. The second kappa shape index (κ2) is 6.61. The third-order valence-electron chi connectivity index (χ3n) is 4.64. The van der Waals surface area contributed by atoms with Crippen molar-refractivity contribution in [1.29, 1.82) is 5.26 Å². The summed E-state index contributed by atoms with van der Waals surface area (Å²) in [6.07, 6.45) is 4.47. The minimum atomic E-state index is 0.0550. The fourth-order valence-corrected chi connectivity index (χ4v) is 3.41. The van der Waals surface area contributed by atoms with Crippen LogP contribution in [0.5, 0.6) is 0 Å². The number of aliphatic imine (C=N–C) groups is 1. The molecule has 4 rings (SSSR count). The summed E-state index contributed by atoms with van der Waals surface area (Å²) in [5.74, 6) is 0.706. The van der Waals surface area contributed by atoms with Gasteiger partial charge in [0.15, 0.2) is 11.6 Å². The van der Waals surface area contributed by atoms with Crippen molar-refractivity contribution >= 4 is 17.3 Å². The Bertz CT molecular complexity index is 885. The van der Waals surface area contributed by atoms with Gasteiger partial charge < -0.3 is 4.74 Å². The molecule has 1 aromatic heterocycles. The highest BCUT2D eigenvalue weighted by atomic mass is 16.5. The van der Waals surface area contributed by atoms with Crippen LogP contribution in [-0.4, -0.2) is 34.5 Å². The molecule has 0 amide bonds. The summed E-state index contributed by atoms with van der Waals surface area (Å²) in [4.78, 5) is 17.2. The number of nitrogens with zero attached hydrogens (tertiary/aromatic N) is 4. The summed E-state index contributed by atoms with van der Waals surface area (Å²) in [5, 5.41) is 13.4. The molecule has 0 radical (unpaired) electrons. The van der Waals surface area contributed by atoms with Crippen LogP contribution in [0, 0.1) is 11.3 Å². The molecule has 2 aliphatic rings. The van der Waals surface area contributed by atoms with Gasteiger partial charge >= 0.3 is 0 Å². The minimum absolute atomic E-state index is 0.0550. The first-order chi connectivity index (χ1) is 12.2. The smallest absolute Gasteiger partial charge is 0.173 e. The van der Waals surface area contributed by atoms with Crippen molar-refractivity contribution in [3.05, 3.63) is 47.2 Å². The molecule has 0 bridgehead atoms. The van der Waals surface area contributed by atoms with E-state index in [0.717, 1.165) is 30.7 Å². The fourth-order valence-electron chi connectivity index (χ4n) is 3.41. The van der Waals surface area contributed by atoms with Gasteiger partial charge in [0.25, 0.3) is 0 Å². The Labute approximate surface area is 145 Å². The van der Waals surface area contributed by atoms with Gasteiger partial charge in [0.2, 0.25) is 0 Å². The Morgan fingerprint density at radius 2 is 2.32 bits per heavy atom. The molecule has 25 heavy (non-hydrogen) atoms. The van der Waals surface area contributed by atoms with E-state index in [1.807, 2.05) is 22.9 Å². The van der Waals surface area contributed by atoms with E-state index in [4.69, 9.17) is 15.0 Å². The van der Waals surface area contributed by atoms with Crippen LogP contribution in [0.1, 0.15) is 46.8 Å². The van der Waals surface area contributed by atoms with Gasteiger partial charge in [-0.15, -0.1) is 0 Å². The maximum Gasteiger partial charge on any atom is 0.173 e. The molecule has 0 N–H and O–H groups in total. The molecule has 126 valence electrons. The molecule has 2 aromatic rings. The average Bonchev–Trinajstić information content (AvgIpc) is 3.07. The normalized spacial score (nSPS) is 19.9. The number of nitriles is 1. The number of carbonyl (C=O) groups excluding carboxylic acids is 1. The number of carbonyl (C=O) groups is 1. The molecule has 3 heterocycles. The molecule has 1 saturated heterocycles. The number of ketones is 1. The van der Waals surface area contributed by atoms with E-state index in [9.17, 15) is 4.79 Å². The Balaban J connectivity index is 1.64. The van der Waals surface area contributed by atoms with Gasteiger partial charge in [-0.05, 0) is 30.5 Å². The Hall–Kier alpha value is -2.78. The van der Waals surface area contributed by atoms with E-state index in [-0.39, 0.29) is 11.8 Å². The van der Waals surface area contributed by atoms with Crippen LogP contribution >= 0.6 is 0 Å². The zero-order chi connectivity index (χ0) is 17.2. The molecule has 1 atom stereocenters. The standard InChI is InChI=1S/C19H18N4O2/c20-10-14-4-1-3-13(7-14)8-15-9-18(24)17-11-21-23(19(17)22-15)16-5-2-6-25-12-16/h1,3-4,7,11,16H,2,5-6,8-9,12H2. The first-order valence-electron chi connectivity index (χ1n) is 8.48. The highest BCUT2D eigenvalue weighted by Crippen LogP contribution is 2.31. The van der Waals surface area contributed by atoms with Crippen LogP contribution < -0.4 is 0 Å². The van der Waals surface area contributed by atoms with Crippen LogP contribution in [0.2, 0.25) is 0 Å². The molecule has 0 aliphatic carbocycles. The summed E-state index contributed by atoms with van der Waals surface area (Å²) in [6, 6.07) is 9.70. The minimum Gasteiger partial charge on any atom is -0.379 e. The summed E-state index contributed by atoms with van der Waals surface area (Å²) in [7, 11) is 0. The molecule has 2 aliphatic heterocycles. The molecule has 1 unspecified atom stereocenters. The molecule has 1 aromatic carbocycles. The monoisotopic (exact) mass is 334 g/mol. The lowest BCUT2D eigenvalue weighted by Gasteiger charge is -2.24.